The van der Waals surface area contributed by atoms with E-state index in [4.69, 9.17) is 0 Å². The van der Waals surface area contributed by atoms with Gasteiger partial charge in [0.2, 0.25) is 0 Å². The van der Waals surface area contributed by atoms with Crippen molar-refractivity contribution in [2.24, 2.45) is 0 Å². The molecule has 0 saturated carbocycles. The molecule has 0 bridgehead atoms. The molecule has 3 rings (SSSR count). The molecule has 2 aromatic heterocycles. The Morgan fingerprint density at radius 1 is 1.44 bits per heavy atom. The second-order valence-electron chi connectivity index (χ2n) is 4.06. The van der Waals surface area contributed by atoms with Crippen molar-refractivity contribution in [3.63, 3.8) is 0 Å². The van der Waals surface area contributed by atoms with Crippen LogP contribution in [0.4, 0.5) is 0 Å². The van der Waals surface area contributed by atoms with Gasteiger partial charge in [-0.05, 0) is 25.0 Å². The zero-order valence-corrected chi connectivity index (χ0v) is 8.87. The quantitative estimate of drug-likeness (QED) is 0.788. The second kappa shape index (κ2) is 3.72. The molecule has 0 fully saturated rings. The van der Waals surface area contributed by atoms with Gasteiger partial charge in [0.25, 0.3) is 0 Å². The Kier molecular flexibility index (Phi) is 2.22. The van der Waals surface area contributed by atoms with Gasteiger partial charge in [0.05, 0.1) is 5.69 Å². The maximum Gasteiger partial charge on any atom is 0.131 e. The zero-order chi connectivity index (χ0) is 11.0. The Morgan fingerprint density at radius 2 is 2.38 bits per heavy atom. The third-order valence-electron chi connectivity index (χ3n) is 2.95. The van der Waals surface area contributed by atoms with Crippen LogP contribution in [0, 0.1) is 0 Å². The largest absolute Gasteiger partial charge is 0.373 e. The predicted octanol–water partition coefficient (Wildman–Crippen LogP) is 1.77. The van der Waals surface area contributed by atoms with Crippen LogP contribution in [0.25, 0.3) is 11.3 Å². The van der Waals surface area contributed by atoms with Crippen LogP contribution >= 0.6 is 0 Å². The molecule has 3 heterocycles. The fourth-order valence-corrected chi connectivity index (χ4v) is 2.11. The van der Waals surface area contributed by atoms with Crippen molar-refractivity contribution in [2.45, 2.75) is 25.5 Å². The molecule has 0 radical (unpaired) electrons. The van der Waals surface area contributed by atoms with Crippen LogP contribution in [0.2, 0.25) is 0 Å². The Labute approximate surface area is 93.6 Å². The number of fused-ring (bicyclic) bond motifs is 1. The number of rotatable bonds is 1. The summed E-state index contributed by atoms with van der Waals surface area (Å²) in [5.74, 6) is 0.970. The molecule has 2 aromatic rings. The summed E-state index contributed by atoms with van der Waals surface area (Å²) in [5.41, 5.74) is 1.89. The molecule has 1 unspecified atom stereocenters. The number of aliphatic hydroxyl groups is 1. The summed E-state index contributed by atoms with van der Waals surface area (Å²) < 4.78 is 1.87. The van der Waals surface area contributed by atoms with Crippen molar-refractivity contribution in [1.82, 2.24) is 14.5 Å². The van der Waals surface area contributed by atoms with Crippen LogP contribution in [-0.4, -0.2) is 19.6 Å². The minimum atomic E-state index is -0.415. The van der Waals surface area contributed by atoms with Gasteiger partial charge in [-0.1, -0.05) is 0 Å². The van der Waals surface area contributed by atoms with Crippen molar-refractivity contribution in [3.8, 4) is 11.3 Å². The third-order valence-corrected chi connectivity index (χ3v) is 2.95. The lowest BCUT2D eigenvalue weighted by molar-refractivity contribution is 0.0781. The van der Waals surface area contributed by atoms with E-state index in [0.717, 1.165) is 36.3 Å². The van der Waals surface area contributed by atoms with E-state index in [0.29, 0.717) is 0 Å². The Bertz CT molecular complexity index is 492. The van der Waals surface area contributed by atoms with E-state index >= 15 is 0 Å². The number of nitrogens with zero attached hydrogens (tertiary/aromatic N) is 3. The monoisotopic (exact) mass is 215 g/mol. The highest BCUT2D eigenvalue weighted by Crippen LogP contribution is 2.26. The van der Waals surface area contributed by atoms with E-state index in [1.807, 2.05) is 22.9 Å². The van der Waals surface area contributed by atoms with Crippen LogP contribution in [0.1, 0.15) is 24.9 Å². The second-order valence-corrected chi connectivity index (χ2v) is 4.06. The summed E-state index contributed by atoms with van der Waals surface area (Å²) in [6.45, 7) is 0. The highest BCUT2D eigenvalue weighted by atomic mass is 16.3. The first-order valence-electron chi connectivity index (χ1n) is 5.51. The van der Waals surface area contributed by atoms with Gasteiger partial charge in [0.15, 0.2) is 0 Å². The van der Waals surface area contributed by atoms with E-state index < -0.39 is 6.23 Å². The molecule has 1 aliphatic heterocycles. The Hall–Kier alpha value is -1.68. The van der Waals surface area contributed by atoms with Crippen molar-refractivity contribution in [3.05, 3.63) is 36.5 Å². The number of aryl methyl sites for hydroxylation is 1. The molecule has 4 nitrogen and oxygen atoms in total. The summed E-state index contributed by atoms with van der Waals surface area (Å²) >= 11 is 0. The Balaban J connectivity index is 2.05. The first kappa shape index (κ1) is 9.54. The van der Waals surface area contributed by atoms with Gasteiger partial charge >= 0.3 is 0 Å². The summed E-state index contributed by atoms with van der Waals surface area (Å²) in [6, 6.07) is 3.87. The number of aromatic nitrogens is 3. The Morgan fingerprint density at radius 3 is 3.12 bits per heavy atom. The van der Waals surface area contributed by atoms with E-state index in [1.54, 1.807) is 12.4 Å². The zero-order valence-electron chi connectivity index (χ0n) is 8.87. The minimum Gasteiger partial charge on any atom is -0.373 e. The van der Waals surface area contributed by atoms with Gasteiger partial charge in [-0.15, -0.1) is 0 Å². The lowest BCUT2D eigenvalue weighted by Gasteiger charge is -2.19. The first-order chi connectivity index (χ1) is 7.84. The summed E-state index contributed by atoms with van der Waals surface area (Å²) in [4.78, 5) is 8.61. The number of aliphatic hydroxyl groups excluding tert-OH is 1. The minimum absolute atomic E-state index is 0.415. The molecule has 0 spiro atoms. The van der Waals surface area contributed by atoms with Crippen LogP contribution in [0.15, 0.2) is 30.7 Å². The number of imidazole rings is 1. The number of hydrogen-bond donors (Lipinski definition) is 1. The van der Waals surface area contributed by atoms with E-state index in [-0.39, 0.29) is 0 Å². The fourth-order valence-electron chi connectivity index (χ4n) is 2.11. The normalized spacial score (nSPS) is 19.4. The van der Waals surface area contributed by atoms with Gasteiger partial charge in [-0.3, -0.25) is 4.98 Å². The van der Waals surface area contributed by atoms with Crippen LogP contribution < -0.4 is 0 Å². The fraction of sp³-hybridized carbons (Fsp3) is 0.333. The van der Waals surface area contributed by atoms with Gasteiger partial charge in [-0.2, -0.15) is 0 Å². The molecule has 16 heavy (non-hydrogen) atoms. The lowest BCUT2D eigenvalue weighted by atomic mass is 10.1. The molecule has 0 amide bonds. The molecule has 0 aliphatic carbocycles. The first-order valence-corrected chi connectivity index (χ1v) is 5.51. The van der Waals surface area contributed by atoms with Crippen LogP contribution in [0.3, 0.4) is 0 Å². The van der Waals surface area contributed by atoms with Crippen LogP contribution in [0.5, 0.6) is 0 Å². The van der Waals surface area contributed by atoms with Crippen molar-refractivity contribution >= 4 is 0 Å². The molecule has 1 N–H and O–H groups in total. The average molecular weight is 215 g/mol. The maximum absolute atomic E-state index is 9.83. The van der Waals surface area contributed by atoms with E-state index in [9.17, 15) is 5.11 Å². The molecule has 82 valence electrons. The van der Waals surface area contributed by atoms with Crippen molar-refractivity contribution in [2.75, 3.05) is 0 Å². The third kappa shape index (κ3) is 1.51. The maximum atomic E-state index is 9.83. The van der Waals surface area contributed by atoms with Crippen molar-refractivity contribution in [1.29, 1.82) is 0 Å². The smallest absolute Gasteiger partial charge is 0.131 e. The standard InChI is InChI=1S/C12H13N3O/c16-12-5-1-4-11-14-10(8-15(11)12)9-3-2-6-13-7-9/h2-3,6-8,12,16H,1,4-5H2. The number of hydrogen-bond acceptors (Lipinski definition) is 3. The topological polar surface area (TPSA) is 50.9 Å². The molecule has 0 saturated heterocycles. The van der Waals surface area contributed by atoms with Crippen molar-refractivity contribution < 1.29 is 5.11 Å². The molecule has 4 heteroatoms. The molecule has 1 aliphatic rings. The lowest BCUT2D eigenvalue weighted by Crippen LogP contribution is -2.16. The van der Waals surface area contributed by atoms with Gasteiger partial charge < -0.3 is 9.67 Å². The van der Waals surface area contributed by atoms with Gasteiger partial charge in [0.1, 0.15) is 12.1 Å². The molecule has 1 atom stereocenters. The van der Waals surface area contributed by atoms with Crippen LogP contribution in [-0.2, 0) is 6.42 Å². The molecule has 0 aromatic carbocycles. The van der Waals surface area contributed by atoms with Gasteiger partial charge in [-0.25, -0.2) is 4.98 Å². The molecular weight excluding hydrogens is 202 g/mol. The SMILES string of the molecule is OC1CCCc2nc(-c3cccnc3)cn21. The predicted molar refractivity (Wildman–Crippen MR) is 59.7 cm³/mol. The molecular formula is C12H13N3O. The summed E-state index contributed by atoms with van der Waals surface area (Å²) in [6.07, 6.45) is 7.80. The van der Waals surface area contributed by atoms with E-state index in [2.05, 4.69) is 9.97 Å². The average Bonchev–Trinajstić information content (AvgIpc) is 2.76. The number of pyridine rings is 1. The van der Waals surface area contributed by atoms with E-state index in [1.165, 1.54) is 0 Å². The summed E-state index contributed by atoms with van der Waals surface area (Å²) in [5, 5.41) is 9.83. The highest BCUT2D eigenvalue weighted by Gasteiger charge is 2.19. The highest BCUT2D eigenvalue weighted by molar-refractivity contribution is 5.57. The van der Waals surface area contributed by atoms with Gasteiger partial charge in [0, 0.05) is 30.6 Å². The summed E-state index contributed by atoms with van der Waals surface area (Å²) in [7, 11) is 0.